The lowest BCUT2D eigenvalue weighted by atomic mass is 10.0. The van der Waals surface area contributed by atoms with Crippen LogP contribution in [-0.4, -0.2) is 36.6 Å². The summed E-state index contributed by atoms with van der Waals surface area (Å²) < 4.78 is 16.1. The van der Waals surface area contributed by atoms with E-state index in [1.807, 2.05) is 54.2 Å². The van der Waals surface area contributed by atoms with Gasteiger partial charge in [0.2, 0.25) is 0 Å². The fourth-order valence-electron chi connectivity index (χ4n) is 5.20. The molecule has 0 spiro atoms. The van der Waals surface area contributed by atoms with Gasteiger partial charge in [-0.2, -0.15) is 4.99 Å². The van der Waals surface area contributed by atoms with Crippen LogP contribution in [-0.2, 0) is 20.9 Å². The lowest BCUT2D eigenvalue weighted by Gasteiger charge is -2.11. The molecule has 0 unspecified atom stereocenters. The van der Waals surface area contributed by atoms with Gasteiger partial charge in [-0.05, 0) is 132 Å². The van der Waals surface area contributed by atoms with E-state index in [1.54, 1.807) is 12.1 Å². The number of hydrogen-bond donors (Lipinski definition) is 0. The van der Waals surface area contributed by atoms with Crippen molar-refractivity contribution in [1.29, 1.82) is 0 Å². The number of benzene rings is 5. The summed E-state index contributed by atoms with van der Waals surface area (Å²) in [5.41, 5.74) is 5.32. The van der Waals surface area contributed by atoms with E-state index in [0.717, 1.165) is 64.5 Å². The van der Waals surface area contributed by atoms with Gasteiger partial charge in [-0.1, -0.05) is 61.3 Å². The fourth-order valence-corrected chi connectivity index (χ4v) is 6.22. The first-order chi connectivity index (χ1) is 25.9. The maximum atomic E-state index is 12.6. The van der Waals surface area contributed by atoms with Crippen LogP contribution >= 0.6 is 24.0 Å². The van der Waals surface area contributed by atoms with Gasteiger partial charge >= 0.3 is 11.9 Å². The normalized spacial score (nSPS) is 10.1. The third-order valence-electron chi connectivity index (χ3n) is 8.00. The number of carbonyl (C=O) groups excluding carboxylic acids is 2. The molecule has 5 rings (SSSR count). The Hall–Kier alpha value is -5.89. The summed E-state index contributed by atoms with van der Waals surface area (Å²) >= 11 is 6.49. The van der Waals surface area contributed by atoms with Crippen LogP contribution in [0.1, 0.15) is 63.9 Å². The number of unbranched alkanes of at least 4 members (excludes halogenated alkanes) is 3. The molecule has 264 valence electrons. The van der Waals surface area contributed by atoms with Crippen molar-refractivity contribution in [2.75, 3.05) is 19.5 Å². The van der Waals surface area contributed by atoms with E-state index in [2.05, 4.69) is 101 Å². The summed E-state index contributed by atoms with van der Waals surface area (Å²) in [5, 5.41) is 4.48. The molecule has 0 saturated heterocycles. The van der Waals surface area contributed by atoms with Crippen molar-refractivity contribution >= 4 is 57.5 Å². The molecule has 0 amide bonds. The van der Waals surface area contributed by atoms with Crippen LogP contribution in [0.3, 0.4) is 0 Å². The molecular weight excluding hydrogens is 699 g/mol. The number of hydrogen-bond acceptors (Lipinski definition) is 8. The number of thioether (sulfide) groups is 1. The first-order valence-electron chi connectivity index (χ1n) is 17.1. The van der Waals surface area contributed by atoms with Crippen LogP contribution in [0.15, 0.2) is 126 Å². The van der Waals surface area contributed by atoms with Crippen LogP contribution in [0.5, 0.6) is 5.75 Å². The van der Waals surface area contributed by atoms with Crippen molar-refractivity contribution in [2.24, 2.45) is 4.99 Å². The molecule has 0 aromatic heterocycles. The first kappa shape index (κ1) is 38.3. The highest BCUT2D eigenvalue weighted by atomic mass is 32.2. The highest BCUT2D eigenvalue weighted by Gasteiger charge is 2.14. The zero-order valence-corrected chi connectivity index (χ0v) is 31.0. The van der Waals surface area contributed by atoms with E-state index in [4.69, 9.17) is 14.2 Å². The molecule has 0 aliphatic rings. The molecule has 53 heavy (non-hydrogen) atoms. The van der Waals surface area contributed by atoms with E-state index >= 15 is 0 Å². The van der Waals surface area contributed by atoms with Crippen LogP contribution < -0.4 is 4.74 Å². The van der Waals surface area contributed by atoms with Crippen molar-refractivity contribution in [1.82, 2.24) is 0 Å². The first-order valence-corrected chi connectivity index (χ1v) is 18.5. The molecular formula is C45H37NO5S2. The molecule has 0 saturated carbocycles. The Morgan fingerprint density at radius 1 is 0.755 bits per heavy atom. The molecule has 5 aromatic rings. The van der Waals surface area contributed by atoms with E-state index in [-0.39, 0.29) is 12.6 Å². The Bertz CT molecular complexity index is 2250. The van der Waals surface area contributed by atoms with Crippen LogP contribution in [0.2, 0.25) is 0 Å². The summed E-state index contributed by atoms with van der Waals surface area (Å²) in [4.78, 5) is 28.9. The number of carbonyl (C=O) groups is 2. The molecule has 0 fully saturated rings. The Morgan fingerprint density at radius 3 is 2.09 bits per heavy atom. The number of ether oxygens (including phenoxy) is 3. The van der Waals surface area contributed by atoms with Crippen molar-refractivity contribution < 1.29 is 23.8 Å². The van der Waals surface area contributed by atoms with Crippen LogP contribution in [0, 0.1) is 23.7 Å². The lowest BCUT2D eigenvalue weighted by Crippen LogP contribution is -2.06. The Balaban J connectivity index is 1.14. The topological polar surface area (TPSA) is 74.2 Å². The lowest BCUT2D eigenvalue weighted by molar-refractivity contribution is -0.137. The third kappa shape index (κ3) is 12.1. The molecule has 0 N–H and O–H groups in total. The molecule has 0 atom stereocenters. The number of fused-ring (bicyclic) bond motifs is 1. The SMILES string of the molecule is C=CC(=O)OCCCCCCSc1ccc(C#Cc2ccc3cc(COc4ccc(C#Cc5ccc(N=C=S)cc5)cc4C(=O)OC)ccc3c2)cc1. The molecule has 8 heteroatoms. The zero-order chi connectivity index (χ0) is 37.3. The zero-order valence-electron chi connectivity index (χ0n) is 29.4. The van der Waals surface area contributed by atoms with Crippen LogP contribution in [0.4, 0.5) is 5.69 Å². The minimum Gasteiger partial charge on any atom is -0.488 e. The van der Waals surface area contributed by atoms with Gasteiger partial charge in [-0.25, -0.2) is 9.59 Å². The quantitative estimate of drug-likeness (QED) is 0.0214. The number of nitrogens with zero attached hydrogens (tertiary/aromatic N) is 1. The number of thiocarbonyl (C=S) groups is 1. The van der Waals surface area contributed by atoms with Crippen molar-refractivity contribution in [3.63, 3.8) is 0 Å². The fraction of sp³-hybridized carbons (Fsp3) is 0.178. The average molecular weight is 736 g/mol. The largest absolute Gasteiger partial charge is 0.488 e. The van der Waals surface area contributed by atoms with Gasteiger partial charge < -0.3 is 14.2 Å². The maximum absolute atomic E-state index is 12.6. The average Bonchev–Trinajstić information content (AvgIpc) is 3.20. The van der Waals surface area contributed by atoms with E-state index in [1.165, 1.54) is 18.1 Å². The standard InChI is InChI=1S/C45H37NO5S2/c1-3-44(47)50-26-6-4-5-7-27-53-41-23-16-34(17-24-41)8-10-35-12-19-39-29-37(13-20-38(39)28-35)31-51-43-25-18-36(30-42(43)45(48)49-2)11-9-33-14-21-40(22-15-33)46-32-52/h3,12-25,28-30H,1,4-7,26-27,31H2,2H3. The number of aliphatic imine (C=N–C) groups is 1. The highest BCUT2D eigenvalue weighted by molar-refractivity contribution is 7.99. The monoisotopic (exact) mass is 735 g/mol. The Kier molecular flexibility index (Phi) is 14.6. The van der Waals surface area contributed by atoms with Gasteiger partial charge in [-0.15, -0.1) is 11.8 Å². The van der Waals surface area contributed by atoms with Gasteiger partial charge in [0.1, 0.15) is 17.9 Å². The molecule has 0 bridgehead atoms. The highest BCUT2D eigenvalue weighted by Crippen LogP contribution is 2.25. The molecule has 0 heterocycles. The summed E-state index contributed by atoms with van der Waals surface area (Å²) in [6, 6.07) is 33.2. The number of methoxy groups -OCH3 is 1. The third-order valence-corrected chi connectivity index (χ3v) is 9.19. The van der Waals surface area contributed by atoms with Crippen molar-refractivity contribution in [2.45, 2.75) is 37.2 Å². The summed E-state index contributed by atoms with van der Waals surface area (Å²) in [7, 11) is 1.34. The smallest absolute Gasteiger partial charge is 0.341 e. The Labute approximate surface area is 320 Å². The summed E-state index contributed by atoms with van der Waals surface area (Å²) in [6.07, 6.45) is 5.34. The molecule has 0 aliphatic heterocycles. The number of isothiocyanates is 1. The van der Waals surface area contributed by atoms with Gasteiger partial charge in [0, 0.05) is 33.2 Å². The van der Waals surface area contributed by atoms with E-state index in [0.29, 0.717) is 29.2 Å². The van der Waals surface area contributed by atoms with E-state index in [9.17, 15) is 9.59 Å². The predicted molar refractivity (Wildman–Crippen MR) is 216 cm³/mol. The second kappa shape index (κ2) is 20.2. The number of esters is 2. The van der Waals surface area contributed by atoms with Gasteiger partial charge in [0.05, 0.1) is 24.6 Å². The van der Waals surface area contributed by atoms with Crippen molar-refractivity contribution in [3.05, 3.63) is 149 Å². The minimum absolute atomic E-state index is 0.270. The van der Waals surface area contributed by atoms with Crippen LogP contribution in [0.25, 0.3) is 10.8 Å². The molecule has 6 nitrogen and oxygen atoms in total. The van der Waals surface area contributed by atoms with E-state index < -0.39 is 5.97 Å². The number of rotatable bonds is 14. The van der Waals surface area contributed by atoms with Gasteiger partial charge in [-0.3, -0.25) is 0 Å². The maximum Gasteiger partial charge on any atom is 0.341 e. The minimum atomic E-state index is -0.502. The van der Waals surface area contributed by atoms with Gasteiger partial charge in [0.15, 0.2) is 0 Å². The van der Waals surface area contributed by atoms with Gasteiger partial charge in [0.25, 0.3) is 0 Å². The van der Waals surface area contributed by atoms with Crippen molar-refractivity contribution in [3.8, 4) is 29.4 Å². The molecule has 0 radical (unpaired) electrons. The summed E-state index contributed by atoms with van der Waals surface area (Å²) in [6.45, 7) is 4.13. The predicted octanol–water partition coefficient (Wildman–Crippen LogP) is 10.1. The molecule has 0 aliphatic carbocycles. The summed E-state index contributed by atoms with van der Waals surface area (Å²) in [5.74, 6) is 13.4. The molecule has 5 aromatic carbocycles. The second-order valence-corrected chi connectivity index (χ2v) is 13.1. The second-order valence-electron chi connectivity index (χ2n) is 11.8. The Morgan fingerprint density at radius 2 is 1.38 bits per heavy atom.